The molecule has 1 aliphatic rings. The van der Waals surface area contributed by atoms with E-state index in [1.54, 1.807) is 12.1 Å². The Bertz CT molecular complexity index is 534. The third-order valence-electron chi connectivity index (χ3n) is 4.21. The van der Waals surface area contributed by atoms with Crippen molar-refractivity contribution in [1.82, 2.24) is 4.72 Å². The van der Waals surface area contributed by atoms with Gasteiger partial charge in [0.2, 0.25) is 10.0 Å². The van der Waals surface area contributed by atoms with Gasteiger partial charge in [0, 0.05) is 18.3 Å². The summed E-state index contributed by atoms with van der Waals surface area (Å²) in [6.07, 6.45) is 6.04. The summed E-state index contributed by atoms with van der Waals surface area (Å²) in [7, 11) is -3.36. The maximum absolute atomic E-state index is 12.0. The molecule has 2 rings (SSSR count). The number of anilines is 1. The van der Waals surface area contributed by atoms with E-state index in [1.807, 2.05) is 19.1 Å². The van der Waals surface area contributed by atoms with Gasteiger partial charge >= 0.3 is 0 Å². The number of hydrogen-bond donors (Lipinski definition) is 2. The first-order chi connectivity index (χ1) is 10.0. The fourth-order valence-corrected chi connectivity index (χ4v) is 4.02. The SMILES string of the molecule is CCCNS(=O)(=O)c1ccc(NC(C)C2CCCC2)cc1. The van der Waals surface area contributed by atoms with E-state index in [0.717, 1.165) is 18.0 Å². The Morgan fingerprint density at radius 1 is 1.19 bits per heavy atom. The quantitative estimate of drug-likeness (QED) is 0.812. The minimum absolute atomic E-state index is 0.329. The highest BCUT2D eigenvalue weighted by Crippen LogP contribution is 2.29. The fourth-order valence-electron chi connectivity index (χ4n) is 2.89. The Labute approximate surface area is 128 Å². The first-order valence-electron chi connectivity index (χ1n) is 7.89. The number of hydrogen-bond acceptors (Lipinski definition) is 3. The van der Waals surface area contributed by atoms with Gasteiger partial charge in [-0.15, -0.1) is 0 Å². The number of benzene rings is 1. The maximum Gasteiger partial charge on any atom is 0.240 e. The second kappa shape index (κ2) is 7.27. The molecule has 118 valence electrons. The summed E-state index contributed by atoms with van der Waals surface area (Å²) in [5.41, 5.74) is 0.990. The molecule has 0 saturated heterocycles. The number of rotatable bonds is 7. The summed E-state index contributed by atoms with van der Waals surface area (Å²) in [6.45, 7) is 4.63. The lowest BCUT2D eigenvalue weighted by atomic mass is 9.99. The van der Waals surface area contributed by atoms with Gasteiger partial charge in [0.25, 0.3) is 0 Å². The molecule has 0 spiro atoms. The summed E-state index contributed by atoms with van der Waals surface area (Å²) in [6, 6.07) is 7.48. The topological polar surface area (TPSA) is 58.2 Å². The monoisotopic (exact) mass is 310 g/mol. The molecule has 0 radical (unpaired) electrons. The van der Waals surface area contributed by atoms with Gasteiger partial charge in [-0.1, -0.05) is 19.8 Å². The third kappa shape index (κ3) is 4.45. The van der Waals surface area contributed by atoms with Gasteiger partial charge in [-0.2, -0.15) is 0 Å². The summed E-state index contributed by atoms with van der Waals surface area (Å²) < 4.78 is 26.6. The maximum atomic E-state index is 12.0. The van der Waals surface area contributed by atoms with Crippen LogP contribution in [-0.4, -0.2) is 21.0 Å². The second-order valence-corrected chi connectivity index (χ2v) is 7.67. The Morgan fingerprint density at radius 3 is 2.38 bits per heavy atom. The minimum Gasteiger partial charge on any atom is -0.382 e. The predicted octanol–water partition coefficient (Wildman–Crippen LogP) is 3.37. The van der Waals surface area contributed by atoms with Crippen molar-refractivity contribution in [2.75, 3.05) is 11.9 Å². The van der Waals surface area contributed by atoms with Gasteiger partial charge in [-0.05, 0) is 56.4 Å². The van der Waals surface area contributed by atoms with Gasteiger partial charge < -0.3 is 5.32 Å². The van der Waals surface area contributed by atoms with Gasteiger partial charge in [0.15, 0.2) is 0 Å². The van der Waals surface area contributed by atoms with Crippen LogP contribution >= 0.6 is 0 Å². The molecule has 0 aliphatic heterocycles. The van der Waals surface area contributed by atoms with Crippen molar-refractivity contribution < 1.29 is 8.42 Å². The van der Waals surface area contributed by atoms with Crippen LogP contribution in [0.1, 0.15) is 46.0 Å². The zero-order chi connectivity index (χ0) is 15.3. The van der Waals surface area contributed by atoms with Crippen molar-refractivity contribution in [3.63, 3.8) is 0 Å². The first-order valence-corrected chi connectivity index (χ1v) is 9.37. The zero-order valence-electron chi connectivity index (χ0n) is 12.9. The van der Waals surface area contributed by atoms with Crippen LogP contribution in [-0.2, 0) is 10.0 Å². The van der Waals surface area contributed by atoms with E-state index in [2.05, 4.69) is 17.0 Å². The largest absolute Gasteiger partial charge is 0.382 e. The average Bonchev–Trinajstić information content (AvgIpc) is 3.00. The third-order valence-corrected chi connectivity index (χ3v) is 5.68. The minimum atomic E-state index is -3.36. The molecule has 1 unspecified atom stereocenters. The molecular formula is C16H26N2O2S. The van der Waals surface area contributed by atoms with Gasteiger partial charge in [-0.25, -0.2) is 13.1 Å². The summed E-state index contributed by atoms with van der Waals surface area (Å²) in [5.74, 6) is 0.736. The van der Waals surface area contributed by atoms with Crippen molar-refractivity contribution >= 4 is 15.7 Å². The molecule has 1 aliphatic carbocycles. The van der Waals surface area contributed by atoms with Crippen molar-refractivity contribution in [2.24, 2.45) is 5.92 Å². The molecule has 1 saturated carbocycles. The van der Waals surface area contributed by atoms with Crippen LogP contribution in [0, 0.1) is 5.92 Å². The van der Waals surface area contributed by atoms with Crippen LogP contribution in [0.5, 0.6) is 0 Å². The van der Waals surface area contributed by atoms with Crippen LogP contribution in [0.25, 0.3) is 0 Å². The predicted molar refractivity (Wildman–Crippen MR) is 87.0 cm³/mol. The van der Waals surface area contributed by atoms with Gasteiger partial charge in [-0.3, -0.25) is 0 Å². The van der Waals surface area contributed by atoms with E-state index in [9.17, 15) is 8.42 Å². The standard InChI is InChI=1S/C16H26N2O2S/c1-3-12-17-21(19,20)16-10-8-15(9-11-16)18-13(2)14-6-4-5-7-14/h8-11,13-14,17-18H,3-7,12H2,1-2H3. The summed E-state index contributed by atoms with van der Waals surface area (Å²) in [5, 5.41) is 3.49. The lowest BCUT2D eigenvalue weighted by molar-refractivity contribution is 0.482. The molecular weight excluding hydrogens is 284 g/mol. The molecule has 1 aromatic rings. The zero-order valence-corrected chi connectivity index (χ0v) is 13.7. The van der Waals surface area contributed by atoms with E-state index in [1.165, 1.54) is 25.7 Å². The molecule has 0 heterocycles. The van der Waals surface area contributed by atoms with E-state index in [0.29, 0.717) is 17.5 Å². The fraction of sp³-hybridized carbons (Fsp3) is 0.625. The van der Waals surface area contributed by atoms with Crippen molar-refractivity contribution in [2.45, 2.75) is 56.9 Å². The molecule has 1 aromatic carbocycles. The van der Waals surface area contributed by atoms with Crippen molar-refractivity contribution in [3.05, 3.63) is 24.3 Å². The highest BCUT2D eigenvalue weighted by molar-refractivity contribution is 7.89. The highest BCUT2D eigenvalue weighted by Gasteiger charge is 2.21. The molecule has 0 amide bonds. The summed E-state index contributed by atoms with van der Waals surface area (Å²) in [4.78, 5) is 0.329. The van der Waals surface area contributed by atoms with Crippen LogP contribution in [0.3, 0.4) is 0 Å². The number of nitrogens with one attached hydrogen (secondary N) is 2. The van der Waals surface area contributed by atoms with Crippen LogP contribution in [0.2, 0.25) is 0 Å². The normalized spacial score (nSPS) is 17.8. The Kier molecular flexibility index (Phi) is 5.65. The molecule has 0 aromatic heterocycles. The molecule has 0 bridgehead atoms. The van der Waals surface area contributed by atoms with Crippen molar-refractivity contribution in [1.29, 1.82) is 0 Å². The summed E-state index contributed by atoms with van der Waals surface area (Å²) >= 11 is 0. The lowest BCUT2D eigenvalue weighted by Crippen LogP contribution is -2.25. The Morgan fingerprint density at radius 2 is 1.81 bits per heavy atom. The van der Waals surface area contributed by atoms with Gasteiger partial charge in [0.05, 0.1) is 4.90 Å². The Balaban J connectivity index is 1.98. The molecule has 2 N–H and O–H groups in total. The van der Waals surface area contributed by atoms with Crippen LogP contribution in [0.4, 0.5) is 5.69 Å². The van der Waals surface area contributed by atoms with Gasteiger partial charge in [0.1, 0.15) is 0 Å². The van der Waals surface area contributed by atoms with E-state index < -0.39 is 10.0 Å². The van der Waals surface area contributed by atoms with E-state index in [4.69, 9.17) is 0 Å². The molecule has 21 heavy (non-hydrogen) atoms. The highest BCUT2D eigenvalue weighted by atomic mass is 32.2. The smallest absolute Gasteiger partial charge is 0.240 e. The Hall–Kier alpha value is -1.07. The molecule has 1 atom stereocenters. The van der Waals surface area contributed by atoms with Crippen LogP contribution in [0.15, 0.2) is 29.2 Å². The molecule has 4 nitrogen and oxygen atoms in total. The first kappa shape index (κ1) is 16.3. The number of sulfonamides is 1. The molecule has 1 fully saturated rings. The second-order valence-electron chi connectivity index (χ2n) is 5.90. The van der Waals surface area contributed by atoms with Crippen LogP contribution < -0.4 is 10.0 Å². The van der Waals surface area contributed by atoms with E-state index in [-0.39, 0.29) is 0 Å². The lowest BCUT2D eigenvalue weighted by Gasteiger charge is -2.21. The van der Waals surface area contributed by atoms with Crippen molar-refractivity contribution in [3.8, 4) is 0 Å². The average molecular weight is 310 g/mol. The van der Waals surface area contributed by atoms with E-state index >= 15 is 0 Å². The molecule has 5 heteroatoms.